The lowest BCUT2D eigenvalue weighted by Gasteiger charge is -2.22. The molecule has 1 aromatic carbocycles. The summed E-state index contributed by atoms with van der Waals surface area (Å²) in [6.45, 7) is 0. The molecular formula is C13H16ClN5. The van der Waals surface area contributed by atoms with Gasteiger partial charge in [-0.05, 0) is 35.4 Å². The molecule has 0 aliphatic heterocycles. The van der Waals surface area contributed by atoms with Gasteiger partial charge in [-0.3, -0.25) is 0 Å². The molecule has 100 valence electrons. The molecule has 2 N–H and O–H groups in total. The summed E-state index contributed by atoms with van der Waals surface area (Å²) in [5.41, 5.74) is 7.36. The molecule has 1 aliphatic rings. The number of rotatable bonds is 2. The molecule has 0 radical (unpaired) electrons. The Morgan fingerprint density at radius 1 is 1.21 bits per heavy atom. The van der Waals surface area contributed by atoms with E-state index in [-0.39, 0.29) is 0 Å². The van der Waals surface area contributed by atoms with Gasteiger partial charge in [0.15, 0.2) is 5.82 Å². The highest BCUT2D eigenvalue weighted by atomic mass is 35.5. The quantitative estimate of drug-likeness (QED) is 0.857. The van der Waals surface area contributed by atoms with Crippen molar-refractivity contribution in [3.05, 3.63) is 23.2 Å². The number of tetrazole rings is 1. The van der Waals surface area contributed by atoms with E-state index in [4.69, 9.17) is 17.3 Å². The maximum absolute atomic E-state index is 6.24. The molecule has 5 nitrogen and oxygen atoms in total. The van der Waals surface area contributed by atoms with Crippen LogP contribution in [0.4, 0.5) is 5.69 Å². The molecule has 1 fully saturated rings. The molecule has 1 aliphatic carbocycles. The summed E-state index contributed by atoms with van der Waals surface area (Å²) in [4.78, 5) is 0. The molecule has 1 saturated carbocycles. The van der Waals surface area contributed by atoms with Crippen molar-refractivity contribution in [3.63, 3.8) is 0 Å². The Hall–Kier alpha value is -1.62. The molecule has 1 heterocycles. The number of anilines is 1. The third-order valence-corrected chi connectivity index (χ3v) is 4.00. The Morgan fingerprint density at radius 2 is 2.00 bits per heavy atom. The fourth-order valence-electron chi connectivity index (χ4n) is 2.71. The predicted octanol–water partition coefficient (Wildman–Crippen LogP) is 3.08. The van der Waals surface area contributed by atoms with E-state index in [9.17, 15) is 0 Å². The van der Waals surface area contributed by atoms with Gasteiger partial charge < -0.3 is 5.73 Å². The highest BCUT2D eigenvalue weighted by molar-refractivity contribution is 6.33. The number of halogens is 1. The largest absolute Gasteiger partial charge is 0.398 e. The molecule has 3 rings (SSSR count). The number of aromatic nitrogens is 4. The van der Waals surface area contributed by atoms with Gasteiger partial charge in [-0.15, -0.1) is 5.10 Å². The molecule has 19 heavy (non-hydrogen) atoms. The molecule has 6 heteroatoms. The number of hydrogen-bond acceptors (Lipinski definition) is 4. The molecule has 0 amide bonds. The van der Waals surface area contributed by atoms with E-state index in [0.29, 0.717) is 22.6 Å². The topological polar surface area (TPSA) is 69.6 Å². The lowest BCUT2D eigenvalue weighted by molar-refractivity contribution is 0.327. The first-order valence-electron chi connectivity index (χ1n) is 6.59. The van der Waals surface area contributed by atoms with Crippen molar-refractivity contribution in [3.8, 4) is 11.4 Å². The predicted molar refractivity (Wildman–Crippen MR) is 74.8 cm³/mol. The summed E-state index contributed by atoms with van der Waals surface area (Å²) in [6.07, 6.45) is 5.97. The van der Waals surface area contributed by atoms with Crippen LogP contribution in [-0.4, -0.2) is 20.2 Å². The second-order valence-electron chi connectivity index (χ2n) is 4.94. The Morgan fingerprint density at radius 3 is 2.74 bits per heavy atom. The fraction of sp³-hybridized carbons (Fsp3) is 0.462. The SMILES string of the molecule is Nc1cccc(Cl)c1-c1nnnn1C1CCCCC1. The van der Waals surface area contributed by atoms with Crippen molar-refractivity contribution in [1.82, 2.24) is 20.2 Å². The average Bonchev–Trinajstić information content (AvgIpc) is 2.89. The fourth-order valence-corrected chi connectivity index (χ4v) is 2.97. The van der Waals surface area contributed by atoms with Crippen LogP contribution in [-0.2, 0) is 0 Å². The molecule has 0 atom stereocenters. The maximum Gasteiger partial charge on any atom is 0.185 e. The van der Waals surface area contributed by atoms with E-state index in [1.165, 1.54) is 19.3 Å². The van der Waals surface area contributed by atoms with Crippen molar-refractivity contribution < 1.29 is 0 Å². The van der Waals surface area contributed by atoms with Gasteiger partial charge in [-0.1, -0.05) is 36.9 Å². The van der Waals surface area contributed by atoms with Crippen LogP contribution >= 0.6 is 11.6 Å². The van der Waals surface area contributed by atoms with Gasteiger partial charge in [0.25, 0.3) is 0 Å². The summed E-state index contributed by atoms with van der Waals surface area (Å²) in [5.74, 6) is 0.676. The van der Waals surface area contributed by atoms with Gasteiger partial charge in [0.2, 0.25) is 0 Å². The van der Waals surface area contributed by atoms with Crippen molar-refractivity contribution >= 4 is 17.3 Å². The van der Waals surface area contributed by atoms with Crippen LogP contribution in [0, 0.1) is 0 Å². The number of nitrogens with zero attached hydrogens (tertiary/aromatic N) is 4. The monoisotopic (exact) mass is 277 g/mol. The van der Waals surface area contributed by atoms with Crippen molar-refractivity contribution in [1.29, 1.82) is 0 Å². The second kappa shape index (κ2) is 5.17. The van der Waals surface area contributed by atoms with Crippen LogP contribution in [0.1, 0.15) is 38.1 Å². The van der Waals surface area contributed by atoms with E-state index in [0.717, 1.165) is 18.4 Å². The smallest absolute Gasteiger partial charge is 0.185 e. The minimum Gasteiger partial charge on any atom is -0.398 e. The first-order valence-corrected chi connectivity index (χ1v) is 6.97. The molecular weight excluding hydrogens is 262 g/mol. The van der Waals surface area contributed by atoms with E-state index < -0.39 is 0 Å². The van der Waals surface area contributed by atoms with E-state index >= 15 is 0 Å². The highest BCUT2D eigenvalue weighted by Gasteiger charge is 2.23. The van der Waals surface area contributed by atoms with E-state index in [2.05, 4.69) is 15.5 Å². The van der Waals surface area contributed by atoms with Crippen molar-refractivity contribution in [2.45, 2.75) is 38.1 Å². The summed E-state index contributed by atoms with van der Waals surface area (Å²) < 4.78 is 1.89. The van der Waals surface area contributed by atoms with Crippen LogP contribution in [0.2, 0.25) is 5.02 Å². The van der Waals surface area contributed by atoms with Gasteiger partial charge in [-0.25, -0.2) is 4.68 Å². The third kappa shape index (κ3) is 2.30. The van der Waals surface area contributed by atoms with Gasteiger partial charge in [0.05, 0.1) is 16.6 Å². The van der Waals surface area contributed by atoms with Crippen LogP contribution in [0.5, 0.6) is 0 Å². The normalized spacial score (nSPS) is 16.7. The summed E-state index contributed by atoms with van der Waals surface area (Å²) in [6, 6.07) is 5.82. The van der Waals surface area contributed by atoms with E-state index in [1.54, 1.807) is 0 Å². The number of benzene rings is 1. The number of nitrogens with two attached hydrogens (primary N) is 1. The molecule has 0 bridgehead atoms. The Bertz CT molecular complexity index is 554. The van der Waals surface area contributed by atoms with Crippen LogP contribution in [0.15, 0.2) is 18.2 Å². The molecule has 0 unspecified atom stereocenters. The molecule has 0 spiro atoms. The van der Waals surface area contributed by atoms with Gasteiger partial charge in [0.1, 0.15) is 0 Å². The molecule has 2 aromatic rings. The first kappa shape index (κ1) is 12.4. The number of hydrogen-bond donors (Lipinski definition) is 1. The molecule has 0 saturated heterocycles. The summed E-state index contributed by atoms with van der Waals surface area (Å²) >= 11 is 6.24. The zero-order chi connectivity index (χ0) is 13.2. The Kier molecular flexibility index (Phi) is 3.38. The van der Waals surface area contributed by atoms with E-state index in [1.807, 2.05) is 22.9 Å². The van der Waals surface area contributed by atoms with Crippen molar-refractivity contribution in [2.75, 3.05) is 5.73 Å². The Labute approximate surface area is 116 Å². The zero-order valence-corrected chi connectivity index (χ0v) is 11.3. The molecule has 1 aromatic heterocycles. The van der Waals surface area contributed by atoms with Crippen LogP contribution in [0.25, 0.3) is 11.4 Å². The lowest BCUT2D eigenvalue weighted by Crippen LogP contribution is -2.16. The highest BCUT2D eigenvalue weighted by Crippen LogP contribution is 2.35. The van der Waals surface area contributed by atoms with Crippen LogP contribution in [0.3, 0.4) is 0 Å². The summed E-state index contributed by atoms with van der Waals surface area (Å²) in [7, 11) is 0. The van der Waals surface area contributed by atoms with Gasteiger partial charge >= 0.3 is 0 Å². The van der Waals surface area contributed by atoms with Gasteiger partial charge in [0, 0.05) is 5.69 Å². The zero-order valence-electron chi connectivity index (χ0n) is 10.6. The summed E-state index contributed by atoms with van der Waals surface area (Å²) in [5, 5.41) is 12.7. The standard InChI is InChI=1S/C13H16ClN5/c14-10-7-4-8-11(15)12(10)13-16-17-18-19(13)9-5-2-1-3-6-9/h4,7-9H,1-3,5-6,15H2. The minimum atomic E-state index is 0.356. The second-order valence-corrected chi connectivity index (χ2v) is 5.35. The third-order valence-electron chi connectivity index (χ3n) is 3.68. The first-order chi connectivity index (χ1) is 9.27. The minimum absolute atomic E-state index is 0.356. The Balaban J connectivity index is 2.04. The van der Waals surface area contributed by atoms with Crippen molar-refractivity contribution in [2.24, 2.45) is 0 Å². The van der Waals surface area contributed by atoms with Gasteiger partial charge in [-0.2, -0.15) is 0 Å². The number of nitrogen functional groups attached to an aromatic ring is 1. The maximum atomic E-state index is 6.24. The average molecular weight is 278 g/mol. The van der Waals surface area contributed by atoms with Crippen LogP contribution < -0.4 is 5.73 Å². The lowest BCUT2D eigenvalue weighted by atomic mass is 9.95.